The second-order valence-electron chi connectivity index (χ2n) is 7.45. The molecule has 0 radical (unpaired) electrons. The van der Waals surface area contributed by atoms with Crippen molar-refractivity contribution in [1.29, 1.82) is 0 Å². The zero-order valence-electron chi connectivity index (χ0n) is 16.4. The number of hydrogen-bond acceptors (Lipinski definition) is 5. The minimum atomic E-state index is -0.413. The number of nitrogens with one attached hydrogen (secondary N) is 1. The van der Waals surface area contributed by atoms with E-state index in [9.17, 15) is 9.59 Å². The summed E-state index contributed by atoms with van der Waals surface area (Å²) in [5.41, 5.74) is 3.18. The van der Waals surface area contributed by atoms with Gasteiger partial charge in [0.25, 0.3) is 5.91 Å². The van der Waals surface area contributed by atoms with Crippen molar-refractivity contribution in [2.75, 3.05) is 13.1 Å². The van der Waals surface area contributed by atoms with Gasteiger partial charge < -0.3 is 15.1 Å². The molecule has 1 saturated heterocycles. The van der Waals surface area contributed by atoms with E-state index >= 15 is 0 Å². The van der Waals surface area contributed by atoms with E-state index in [2.05, 4.69) is 15.4 Å². The Morgan fingerprint density at radius 2 is 1.87 bits per heavy atom. The zero-order chi connectivity index (χ0) is 21.3. The number of carbonyl (C=O) groups excluding carboxylic acids is 1. The number of pyridine rings is 1. The quantitative estimate of drug-likeness (QED) is 0.487. The molecular weight excluding hydrogens is 404 g/mol. The monoisotopic (exact) mass is 424 g/mol. The van der Waals surface area contributed by atoms with Crippen LogP contribution in [-0.2, 0) is 20.1 Å². The van der Waals surface area contributed by atoms with Crippen LogP contribution in [0, 0.1) is 0 Å². The van der Waals surface area contributed by atoms with Gasteiger partial charge in [-0.2, -0.15) is 0 Å². The highest BCUT2D eigenvalue weighted by Gasteiger charge is 2.22. The molecule has 0 atom stereocenters. The van der Waals surface area contributed by atoms with Gasteiger partial charge in [0.05, 0.1) is 11.2 Å². The number of hydrogen-bond donors (Lipinski definition) is 2. The number of carbonyl (C=O) groups is 1. The maximum Gasteiger partial charge on any atom is 0.257 e. The molecule has 2 aromatic carbocycles. The summed E-state index contributed by atoms with van der Waals surface area (Å²) in [5, 5.41) is 15.9. The Balaban J connectivity index is 1.57. The zero-order valence-corrected chi connectivity index (χ0v) is 17.2. The van der Waals surface area contributed by atoms with Crippen molar-refractivity contribution in [1.82, 2.24) is 14.8 Å². The van der Waals surface area contributed by atoms with Crippen LogP contribution in [0.1, 0.15) is 21.5 Å². The molecule has 1 aliphatic heterocycles. The van der Waals surface area contributed by atoms with E-state index in [4.69, 9.17) is 16.8 Å². The van der Waals surface area contributed by atoms with E-state index in [0.717, 1.165) is 22.4 Å². The SMILES string of the molecule is Cn1cc(C(=O)NCc2ccc(Cl)cc2)c(=O)c2cc(CN3CC(=NO)C3)ccc21. The van der Waals surface area contributed by atoms with Gasteiger partial charge in [-0.25, -0.2) is 0 Å². The molecule has 8 heteroatoms. The molecule has 1 amide bonds. The summed E-state index contributed by atoms with van der Waals surface area (Å²) in [7, 11) is 1.82. The third kappa shape index (κ3) is 4.08. The number of halogens is 1. The van der Waals surface area contributed by atoms with Gasteiger partial charge in [-0.15, -0.1) is 0 Å². The average Bonchev–Trinajstić information content (AvgIpc) is 2.72. The molecule has 2 N–H and O–H groups in total. The molecule has 4 rings (SSSR count). The van der Waals surface area contributed by atoms with Gasteiger partial charge >= 0.3 is 0 Å². The van der Waals surface area contributed by atoms with E-state index in [-0.39, 0.29) is 11.0 Å². The van der Waals surface area contributed by atoms with Crippen LogP contribution in [0.25, 0.3) is 10.9 Å². The number of nitrogens with zero attached hydrogens (tertiary/aromatic N) is 3. The van der Waals surface area contributed by atoms with Crippen LogP contribution in [0.5, 0.6) is 0 Å². The number of oxime groups is 1. The third-order valence-corrected chi connectivity index (χ3v) is 5.48. The summed E-state index contributed by atoms with van der Waals surface area (Å²) in [6, 6.07) is 12.9. The summed E-state index contributed by atoms with van der Waals surface area (Å²) in [6.07, 6.45) is 1.57. The summed E-state index contributed by atoms with van der Waals surface area (Å²) in [4.78, 5) is 27.8. The van der Waals surface area contributed by atoms with Gasteiger partial charge in [0.15, 0.2) is 0 Å². The standard InChI is InChI=1S/C22H21ClN4O3/c1-26-13-19(22(29)24-9-14-2-5-16(23)6-3-14)21(28)18-8-15(4-7-20(18)26)10-27-11-17(12-27)25-30/h2-8,13,30H,9-12H2,1H3,(H,24,29). The van der Waals surface area contributed by atoms with Crippen LogP contribution >= 0.6 is 11.6 Å². The Labute approximate surface area is 178 Å². The second kappa shape index (κ2) is 8.30. The first-order valence-corrected chi connectivity index (χ1v) is 9.89. The predicted octanol–water partition coefficient (Wildman–Crippen LogP) is 2.77. The van der Waals surface area contributed by atoms with Crippen molar-refractivity contribution in [3.05, 3.63) is 80.6 Å². The fourth-order valence-electron chi connectivity index (χ4n) is 3.58. The van der Waals surface area contributed by atoms with Crippen LogP contribution in [0.3, 0.4) is 0 Å². The van der Waals surface area contributed by atoms with Crippen molar-refractivity contribution < 1.29 is 10.0 Å². The molecule has 3 aromatic rings. The van der Waals surface area contributed by atoms with Crippen molar-refractivity contribution in [2.45, 2.75) is 13.1 Å². The summed E-state index contributed by atoms with van der Waals surface area (Å²) in [6.45, 7) is 2.17. The lowest BCUT2D eigenvalue weighted by Gasteiger charge is -2.31. The molecule has 0 aliphatic carbocycles. The van der Waals surface area contributed by atoms with Gasteiger partial charge in [-0.3, -0.25) is 14.5 Å². The topological polar surface area (TPSA) is 86.9 Å². The predicted molar refractivity (Wildman–Crippen MR) is 116 cm³/mol. The van der Waals surface area contributed by atoms with E-state index < -0.39 is 5.91 Å². The second-order valence-corrected chi connectivity index (χ2v) is 7.89. The summed E-state index contributed by atoms with van der Waals surface area (Å²) >= 11 is 5.88. The third-order valence-electron chi connectivity index (χ3n) is 5.22. The molecule has 0 spiro atoms. The highest BCUT2D eigenvalue weighted by molar-refractivity contribution is 6.30. The Hall–Kier alpha value is -3.16. The first-order valence-electron chi connectivity index (χ1n) is 9.51. The lowest BCUT2D eigenvalue weighted by molar-refractivity contribution is 0.0949. The minimum Gasteiger partial charge on any atom is -0.411 e. The van der Waals surface area contributed by atoms with Gasteiger partial charge in [0.1, 0.15) is 5.56 Å². The number of aromatic nitrogens is 1. The molecular formula is C22H21ClN4O3. The Kier molecular flexibility index (Phi) is 5.57. The fourth-order valence-corrected chi connectivity index (χ4v) is 3.71. The van der Waals surface area contributed by atoms with Crippen molar-refractivity contribution in [2.24, 2.45) is 12.2 Å². The largest absolute Gasteiger partial charge is 0.411 e. The Morgan fingerprint density at radius 3 is 2.57 bits per heavy atom. The first kappa shape index (κ1) is 20.1. The number of benzene rings is 2. The van der Waals surface area contributed by atoms with E-state index in [0.29, 0.717) is 36.6 Å². The summed E-state index contributed by atoms with van der Waals surface area (Å²) < 4.78 is 1.79. The molecule has 0 unspecified atom stereocenters. The van der Waals surface area contributed by atoms with Crippen LogP contribution in [0.2, 0.25) is 5.02 Å². The molecule has 1 aromatic heterocycles. The molecule has 30 heavy (non-hydrogen) atoms. The molecule has 1 aliphatic rings. The number of likely N-dealkylation sites (tertiary alicyclic amines) is 1. The number of rotatable bonds is 5. The number of fused-ring (bicyclic) bond motifs is 1. The van der Waals surface area contributed by atoms with Gasteiger partial charge in [0, 0.05) is 49.8 Å². The normalized spacial score (nSPS) is 13.9. The molecule has 2 heterocycles. The molecule has 154 valence electrons. The van der Waals surface area contributed by atoms with Crippen LogP contribution < -0.4 is 10.7 Å². The first-order chi connectivity index (χ1) is 14.4. The van der Waals surface area contributed by atoms with Crippen molar-refractivity contribution in [3.8, 4) is 0 Å². The van der Waals surface area contributed by atoms with Crippen molar-refractivity contribution in [3.63, 3.8) is 0 Å². The van der Waals surface area contributed by atoms with Gasteiger partial charge in [-0.05, 0) is 35.4 Å². The maximum atomic E-state index is 13.0. The van der Waals surface area contributed by atoms with Crippen LogP contribution in [-0.4, -0.2) is 39.4 Å². The van der Waals surface area contributed by atoms with E-state index in [1.165, 1.54) is 0 Å². The molecule has 1 fully saturated rings. The smallest absolute Gasteiger partial charge is 0.257 e. The minimum absolute atomic E-state index is 0.106. The van der Waals surface area contributed by atoms with Crippen molar-refractivity contribution >= 4 is 34.1 Å². The fraction of sp³-hybridized carbons (Fsp3) is 0.227. The highest BCUT2D eigenvalue weighted by atomic mass is 35.5. The van der Waals surface area contributed by atoms with Crippen LogP contribution in [0.4, 0.5) is 0 Å². The number of aryl methyl sites for hydroxylation is 1. The lowest BCUT2D eigenvalue weighted by atomic mass is 10.1. The lowest BCUT2D eigenvalue weighted by Crippen LogP contribution is -2.46. The van der Waals surface area contributed by atoms with Crippen LogP contribution in [0.15, 0.2) is 58.6 Å². The average molecular weight is 425 g/mol. The van der Waals surface area contributed by atoms with E-state index in [1.807, 2.05) is 37.4 Å². The van der Waals surface area contributed by atoms with E-state index in [1.54, 1.807) is 22.9 Å². The van der Waals surface area contributed by atoms with Gasteiger partial charge in [-0.1, -0.05) is 35.0 Å². The number of amides is 1. The molecule has 0 bridgehead atoms. The molecule has 7 nitrogen and oxygen atoms in total. The summed E-state index contributed by atoms with van der Waals surface area (Å²) in [5.74, 6) is -0.413. The Bertz CT molecular complexity index is 1190. The molecule has 0 saturated carbocycles. The maximum absolute atomic E-state index is 13.0. The highest BCUT2D eigenvalue weighted by Crippen LogP contribution is 2.17. The Morgan fingerprint density at radius 1 is 1.17 bits per heavy atom. The van der Waals surface area contributed by atoms with Gasteiger partial charge in [0.2, 0.25) is 5.43 Å².